The molecule has 0 N–H and O–H groups in total. The normalized spacial score (nSPS) is 11.9. The van der Waals surface area contributed by atoms with E-state index in [0.717, 1.165) is 63.7 Å². The second kappa shape index (κ2) is 42.6. The first-order chi connectivity index (χ1) is 26.4. The SMILES string of the molecule is CCCCCCCCCCCCCCCCC(=O)O[C@H](COC(=O)CCCCCCCCCCCCCCC)COC(=O)CCCCCCCCC(C)C. The third-order valence-electron chi connectivity index (χ3n) is 10.8. The zero-order valence-electron chi connectivity index (χ0n) is 36.7. The van der Waals surface area contributed by atoms with Crippen molar-refractivity contribution in [3.8, 4) is 0 Å². The van der Waals surface area contributed by atoms with E-state index in [2.05, 4.69) is 27.7 Å². The van der Waals surface area contributed by atoms with Crippen LogP contribution in [0.25, 0.3) is 0 Å². The summed E-state index contributed by atoms with van der Waals surface area (Å²) in [4.78, 5) is 37.7. The summed E-state index contributed by atoms with van der Waals surface area (Å²) in [5.41, 5.74) is 0. The maximum atomic E-state index is 12.7. The molecule has 0 saturated heterocycles. The van der Waals surface area contributed by atoms with Crippen molar-refractivity contribution in [3.63, 3.8) is 0 Å². The third kappa shape index (κ3) is 41.6. The minimum absolute atomic E-state index is 0.0641. The van der Waals surface area contributed by atoms with Crippen LogP contribution in [0.3, 0.4) is 0 Å². The Morgan fingerprint density at radius 3 is 0.907 bits per heavy atom. The molecule has 0 bridgehead atoms. The second-order valence-corrected chi connectivity index (χ2v) is 16.9. The number of esters is 3. The zero-order valence-corrected chi connectivity index (χ0v) is 36.7. The molecule has 0 fully saturated rings. The van der Waals surface area contributed by atoms with Crippen LogP contribution in [0.15, 0.2) is 0 Å². The maximum Gasteiger partial charge on any atom is 0.306 e. The van der Waals surface area contributed by atoms with Crippen LogP contribution in [0.5, 0.6) is 0 Å². The molecule has 0 aromatic carbocycles. The Labute approximate surface area is 336 Å². The van der Waals surface area contributed by atoms with Crippen molar-refractivity contribution in [2.45, 2.75) is 271 Å². The van der Waals surface area contributed by atoms with Crippen LogP contribution >= 0.6 is 0 Å². The molecule has 0 aliphatic carbocycles. The van der Waals surface area contributed by atoms with Crippen LogP contribution in [0.2, 0.25) is 0 Å². The standard InChI is InChI=1S/C48H92O6/c1-5-7-9-11-13-15-17-19-21-23-25-27-33-37-41-48(51)54-45(43-53-47(50)40-36-32-29-28-30-34-38-44(3)4)42-52-46(49)39-35-31-26-24-22-20-18-16-14-12-10-8-6-2/h44-45H,5-43H2,1-4H3/t45-/m1/s1. The van der Waals surface area contributed by atoms with E-state index in [1.807, 2.05) is 0 Å². The maximum absolute atomic E-state index is 12.7. The molecular formula is C48H92O6. The van der Waals surface area contributed by atoms with E-state index in [4.69, 9.17) is 14.2 Å². The molecule has 0 amide bonds. The highest BCUT2D eigenvalue weighted by Gasteiger charge is 2.19. The van der Waals surface area contributed by atoms with Gasteiger partial charge >= 0.3 is 17.9 Å². The highest BCUT2D eigenvalue weighted by Crippen LogP contribution is 2.16. The first-order valence-corrected chi connectivity index (χ1v) is 23.9. The molecule has 6 nitrogen and oxygen atoms in total. The largest absolute Gasteiger partial charge is 0.462 e. The van der Waals surface area contributed by atoms with Crippen LogP contribution in [0, 0.1) is 5.92 Å². The first-order valence-electron chi connectivity index (χ1n) is 23.9. The number of carbonyl (C=O) groups excluding carboxylic acids is 3. The lowest BCUT2D eigenvalue weighted by Gasteiger charge is -2.18. The highest BCUT2D eigenvalue weighted by atomic mass is 16.6. The molecule has 0 aromatic heterocycles. The molecule has 0 rings (SSSR count). The van der Waals surface area contributed by atoms with Crippen molar-refractivity contribution in [3.05, 3.63) is 0 Å². The predicted molar refractivity (Wildman–Crippen MR) is 229 cm³/mol. The number of hydrogen-bond acceptors (Lipinski definition) is 6. The monoisotopic (exact) mass is 765 g/mol. The topological polar surface area (TPSA) is 78.9 Å². The van der Waals surface area contributed by atoms with E-state index in [1.165, 1.54) is 161 Å². The molecule has 6 heteroatoms. The fraction of sp³-hybridized carbons (Fsp3) is 0.938. The molecule has 0 aromatic rings. The number of rotatable bonds is 43. The lowest BCUT2D eigenvalue weighted by atomic mass is 10.0. The van der Waals surface area contributed by atoms with Gasteiger partial charge in [0.05, 0.1) is 0 Å². The van der Waals surface area contributed by atoms with Gasteiger partial charge in [0.15, 0.2) is 6.10 Å². The molecule has 0 heterocycles. The van der Waals surface area contributed by atoms with Crippen LogP contribution in [0.1, 0.15) is 265 Å². The Bertz CT molecular complexity index is 811. The molecular weight excluding hydrogens is 673 g/mol. The summed E-state index contributed by atoms with van der Waals surface area (Å²) in [7, 11) is 0. The Morgan fingerprint density at radius 2 is 0.611 bits per heavy atom. The van der Waals surface area contributed by atoms with E-state index in [-0.39, 0.29) is 31.1 Å². The van der Waals surface area contributed by atoms with E-state index >= 15 is 0 Å². The van der Waals surface area contributed by atoms with Crippen LogP contribution in [0.4, 0.5) is 0 Å². The van der Waals surface area contributed by atoms with Gasteiger partial charge in [-0.1, -0.05) is 227 Å². The van der Waals surface area contributed by atoms with Gasteiger partial charge in [0.25, 0.3) is 0 Å². The average Bonchev–Trinajstić information content (AvgIpc) is 3.15. The van der Waals surface area contributed by atoms with Crippen molar-refractivity contribution in [2.24, 2.45) is 5.92 Å². The van der Waals surface area contributed by atoms with Crippen molar-refractivity contribution in [1.82, 2.24) is 0 Å². The van der Waals surface area contributed by atoms with Crippen molar-refractivity contribution in [1.29, 1.82) is 0 Å². The lowest BCUT2D eigenvalue weighted by Crippen LogP contribution is -2.30. The fourth-order valence-electron chi connectivity index (χ4n) is 7.16. The van der Waals surface area contributed by atoms with E-state index in [0.29, 0.717) is 19.3 Å². The molecule has 0 saturated carbocycles. The van der Waals surface area contributed by atoms with Crippen LogP contribution in [-0.4, -0.2) is 37.2 Å². The molecule has 0 unspecified atom stereocenters. The van der Waals surface area contributed by atoms with E-state index in [9.17, 15) is 14.4 Å². The minimum atomic E-state index is -0.760. The smallest absolute Gasteiger partial charge is 0.306 e. The van der Waals surface area contributed by atoms with Gasteiger partial charge in [0.1, 0.15) is 13.2 Å². The molecule has 320 valence electrons. The summed E-state index contributed by atoms with van der Waals surface area (Å²) < 4.78 is 16.7. The molecule has 1 atom stereocenters. The Kier molecular flexibility index (Phi) is 41.3. The van der Waals surface area contributed by atoms with E-state index in [1.54, 1.807) is 0 Å². The van der Waals surface area contributed by atoms with Gasteiger partial charge in [-0.3, -0.25) is 14.4 Å². The zero-order chi connectivity index (χ0) is 39.6. The summed E-state index contributed by atoms with van der Waals surface area (Å²) in [5.74, 6) is -0.0912. The summed E-state index contributed by atoms with van der Waals surface area (Å²) in [6.45, 7) is 8.94. The highest BCUT2D eigenvalue weighted by molar-refractivity contribution is 5.71. The van der Waals surface area contributed by atoms with Crippen molar-refractivity contribution >= 4 is 17.9 Å². The van der Waals surface area contributed by atoms with Gasteiger partial charge in [0, 0.05) is 19.3 Å². The van der Waals surface area contributed by atoms with Gasteiger partial charge < -0.3 is 14.2 Å². The Hall–Kier alpha value is -1.59. The van der Waals surface area contributed by atoms with E-state index < -0.39 is 6.10 Å². The van der Waals surface area contributed by atoms with Crippen LogP contribution in [-0.2, 0) is 28.6 Å². The molecule has 0 spiro atoms. The number of hydrogen-bond donors (Lipinski definition) is 0. The first kappa shape index (κ1) is 52.4. The lowest BCUT2D eigenvalue weighted by molar-refractivity contribution is -0.167. The summed E-state index contributed by atoms with van der Waals surface area (Å²) in [6.07, 6.45) is 42.4. The van der Waals surface area contributed by atoms with Gasteiger partial charge in [-0.05, 0) is 25.2 Å². The van der Waals surface area contributed by atoms with Gasteiger partial charge in [-0.25, -0.2) is 0 Å². The van der Waals surface area contributed by atoms with Crippen LogP contribution < -0.4 is 0 Å². The third-order valence-corrected chi connectivity index (χ3v) is 10.8. The number of unbranched alkanes of at least 4 members (excludes halogenated alkanes) is 30. The van der Waals surface area contributed by atoms with Crippen molar-refractivity contribution < 1.29 is 28.6 Å². The summed E-state index contributed by atoms with van der Waals surface area (Å²) in [6, 6.07) is 0. The van der Waals surface area contributed by atoms with Gasteiger partial charge in [-0.2, -0.15) is 0 Å². The van der Waals surface area contributed by atoms with Gasteiger partial charge in [0.2, 0.25) is 0 Å². The summed E-state index contributed by atoms with van der Waals surface area (Å²) in [5, 5.41) is 0. The average molecular weight is 765 g/mol. The molecule has 54 heavy (non-hydrogen) atoms. The second-order valence-electron chi connectivity index (χ2n) is 16.9. The number of ether oxygens (including phenoxy) is 3. The Balaban J connectivity index is 4.30. The fourth-order valence-corrected chi connectivity index (χ4v) is 7.16. The quantitative estimate of drug-likeness (QED) is 0.0349. The predicted octanol–water partition coefficient (Wildman–Crippen LogP) is 15.1. The van der Waals surface area contributed by atoms with Crippen molar-refractivity contribution in [2.75, 3.05) is 13.2 Å². The van der Waals surface area contributed by atoms with Gasteiger partial charge in [-0.15, -0.1) is 0 Å². The summed E-state index contributed by atoms with van der Waals surface area (Å²) >= 11 is 0. The molecule has 0 aliphatic rings. The minimum Gasteiger partial charge on any atom is -0.462 e. The number of carbonyl (C=O) groups is 3. The molecule has 0 aliphatic heterocycles. The Morgan fingerprint density at radius 1 is 0.352 bits per heavy atom. The molecule has 0 radical (unpaired) electrons.